The average molecular weight is 296 g/mol. The Morgan fingerprint density at radius 3 is 2.10 bits per heavy atom. The second kappa shape index (κ2) is 5.37. The third-order valence-electron chi connectivity index (χ3n) is 4.09. The van der Waals surface area contributed by atoms with Crippen molar-refractivity contribution in [2.45, 2.75) is 63.3 Å². The Balaban J connectivity index is 2.36. The van der Waals surface area contributed by atoms with E-state index in [0.717, 1.165) is 25.7 Å². The second-order valence-corrected chi connectivity index (χ2v) is 7.83. The quantitative estimate of drug-likeness (QED) is 0.842. The zero-order valence-corrected chi connectivity index (χ0v) is 13.3. The molecule has 4 nitrogen and oxygen atoms in total. The van der Waals surface area contributed by atoms with Gasteiger partial charge in [0.15, 0.2) is 0 Å². The smallest absolute Gasteiger partial charge is 0.241 e. The predicted octanol–water partition coefficient (Wildman–Crippen LogP) is 2.89. The maximum absolute atomic E-state index is 12.7. The molecule has 2 rings (SSSR count). The van der Waals surface area contributed by atoms with Gasteiger partial charge in [-0.1, -0.05) is 19.3 Å². The Morgan fingerprint density at radius 1 is 1.10 bits per heavy atom. The third-order valence-corrected chi connectivity index (χ3v) is 6.03. The minimum Gasteiger partial charge on any atom is -0.399 e. The molecule has 0 radical (unpaired) electrons. The fraction of sp³-hybridized carbons (Fsp3) is 0.600. The molecule has 1 aliphatic carbocycles. The molecular weight excluding hydrogens is 272 g/mol. The molecule has 1 aromatic carbocycles. The largest absolute Gasteiger partial charge is 0.399 e. The van der Waals surface area contributed by atoms with Crippen LogP contribution in [-0.4, -0.2) is 14.0 Å². The molecule has 112 valence electrons. The van der Waals surface area contributed by atoms with Crippen molar-refractivity contribution in [2.24, 2.45) is 0 Å². The molecule has 0 spiro atoms. The van der Waals surface area contributed by atoms with E-state index in [4.69, 9.17) is 5.73 Å². The molecule has 1 fully saturated rings. The van der Waals surface area contributed by atoms with Crippen LogP contribution in [0.2, 0.25) is 0 Å². The number of nitrogens with one attached hydrogen (secondary N) is 1. The monoisotopic (exact) mass is 296 g/mol. The molecule has 0 heterocycles. The number of anilines is 1. The molecule has 0 aliphatic heterocycles. The summed E-state index contributed by atoms with van der Waals surface area (Å²) in [4.78, 5) is 0.374. The summed E-state index contributed by atoms with van der Waals surface area (Å²) in [5, 5.41) is 0. The van der Waals surface area contributed by atoms with Gasteiger partial charge in [-0.15, -0.1) is 0 Å². The first-order chi connectivity index (χ1) is 9.23. The Kier molecular flexibility index (Phi) is 4.12. The standard InChI is InChI=1S/C15H24N2O2S/c1-11-9-13(16)10-12(2)14(11)20(18,19)17-15(3)7-5-4-6-8-15/h9-10,17H,4-8,16H2,1-3H3. The van der Waals surface area contributed by atoms with Crippen LogP contribution in [0.3, 0.4) is 0 Å². The molecule has 3 N–H and O–H groups in total. The summed E-state index contributed by atoms with van der Waals surface area (Å²) in [6.45, 7) is 5.59. The highest BCUT2D eigenvalue weighted by Crippen LogP contribution is 2.31. The lowest BCUT2D eigenvalue weighted by Crippen LogP contribution is -2.47. The second-order valence-electron chi connectivity index (χ2n) is 6.21. The van der Waals surface area contributed by atoms with Crippen LogP contribution in [0, 0.1) is 13.8 Å². The minimum absolute atomic E-state index is 0.322. The summed E-state index contributed by atoms with van der Waals surface area (Å²) in [6, 6.07) is 3.43. The van der Waals surface area contributed by atoms with Crippen molar-refractivity contribution >= 4 is 15.7 Å². The fourth-order valence-corrected chi connectivity index (χ4v) is 5.14. The molecule has 1 aromatic rings. The van der Waals surface area contributed by atoms with Crippen molar-refractivity contribution in [3.63, 3.8) is 0 Å². The third kappa shape index (κ3) is 3.15. The van der Waals surface area contributed by atoms with E-state index in [-0.39, 0.29) is 5.54 Å². The fourth-order valence-electron chi connectivity index (χ4n) is 3.22. The Morgan fingerprint density at radius 2 is 1.60 bits per heavy atom. The van der Waals surface area contributed by atoms with E-state index < -0.39 is 10.0 Å². The van der Waals surface area contributed by atoms with Crippen LogP contribution in [-0.2, 0) is 10.0 Å². The summed E-state index contributed by atoms with van der Waals surface area (Å²) >= 11 is 0. The van der Waals surface area contributed by atoms with Crippen molar-refractivity contribution < 1.29 is 8.42 Å². The Bertz CT molecular complexity index is 579. The van der Waals surface area contributed by atoms with Gasteiger partial charge in [-0.05, 0) is 56.9 Å². The van der Waals surface area contributed by atoms with E-state index in [2.05, 4.69) is 4.72 Å². The van der Waals surface area contributed by atoms with E-state index >= 15 is 0 Å². The van der Waals surface area contributed by atoms with E-state index in [1.165, 1.54) is 6.42 Å². The zero-order valence-electron chi connectivity index (χ0n) is 12.5. The van der Waals surface area contributed by atoms with Crippen molar-refractivity contribution in [1.82, 2.24) is 4.72 Å². The molecule has 0 saturated heterocycles. The lowest BCUT2D eigenvalue weighted by atomic mass is 9.84. The van der Waals surface area contributed by atoms with Gasteiger partial charge in [0.2, 0.25) is 10.0 Å². The topological polar surface area (TPSA) is 72.2 Å². The zero-order chi connectivity index (χ0) is 15.0. The Hall–Kier alpha value is -1.07. The molecular formula is C15H24N2O2S. The van der Waals surface area contributed by atoms with Gasteiger partial charge in [-0.25, -0.2) is 13.1 Å². The van der Waals surface area contributed by atoms with E-state index in [1.54, 1.807) is 26.0 Å². The van der Waals surface area contributed by atoms with Gasteiger partial charge in [0.25, 0.3) is 0 Å². The summed E-state index contributed by atoms with van der Waals surface area (Å²) < 4.78 is 28.3. The van der Waals surface area contributed by atoms with Crippen molar-refractivity contribution in [1.29, 1.82) is 0 Å². The summed E-state index contributed by atoms with van der Waals surface area (Å²) in [7, 11) is -3.50. The molecule has 1 saturated carbocycles. The number of sulfonamides is 1. The van der Waals surface area contributed by atoms with Gasteiger partial charge < -0.3 is 5.73 Å². The van der Waals surface area contributed by atoms with Crippen LogP contribution in [0.25, 0.3) is 0 Å². The summed E-state index contributed by atoms with van der Waals surface area (Å²) in [5.74, 6) is 0. The number of nitrogens with two attached hydrogens (primary N) is 1. The Labute approximate surface area is 121 Å². The van der Waals surface area contributed by atoms with Crippen LogP contribution >= 0.6 is 0 Å². The normalized spacial score (nSPS) is 18.9. The van der Waals surface area contributed by atoms with Gasteiger partial charge in [0.05, 0.1) is 4.90 Å². The first-order valence-corrected chi connectivity index (χ1v) is 8.63. The molecule has 0 atom stereocenters. The van der Waals surface area contributed by atoms with Crippen LogP contribution in [0.5, 0.6) is 0 Å². The molecule has 20 heavy (non-hydrogen) atoms. The molecule has 1 aliphatic rings. The van der Waals surface area contributed by atoms with Crippen molar-refractivity contribution in [2.75, 3.05) is 5.73 Å². The predicted molar refractivity (Wildman–Crippen MR) is 82.1 cm³/mol. The number of nitrogen functional groups attached to an aromatic ring is 1. The number of aryl methyl sites for hydroxylation is 2. The molecule has 0 bridgehead atoms. The van der Waals surface area contributed by atoms with Gasteiger partial charge in [-0.3, -0.25) is 0 Å². The van der Waals surface area contributed by atoms with Gasteiger partial charge in [0.1, 0.15) is 0 Å². The van der Waals surface area contributed by atoms with Crippen LogP contribution in [0.15, 0.2) is 17.0 Å². The maximum atomic E-state index is 12.7. The molecule has 5 heteroatoms. The van der Waals surface area contributed by atoms with E-state index in [9.17, 15) is 8.42 Å². The SMILES string of the molecule is Cc1cc(N)cc(C)c1S(=O)(=O)NC1(C)CCCCC1. The lowest BCUT2D eigenvalue weighted by molar-refractivity contribution is 0.294. The minimum atomic E-state index is -3.50. The van der Waals surface area contributed by atoms with Crippen molar-refractivity contribution in [3.8, 4) is 0 Å². The number of hydrogen-bond acceptors (Lipinski definition) is 3. The van der Waals surface area contributed by atoms with Crippen molar-refractivity contribution in [3.05, 3.63) is 23.3 Å². The molecule has 0 unspecified atom stereocenters. The van der Waals surface area contributed by atoms with Crippen LogP contribution in [0.4, 0.5) is 5.69 Å². The lowest BCUT2D eigenvalue weighted by Gasteiger charge is -2.34. The number of benzene rings is 1. The number of hydrogen-bond donors (Lipinski definition) is 2. The average Bonchev–Trinajstić information content (AvgIpc) is 2.25. The molecule has 0 amide bonds. The highest BCUT2D eigenvalue weighted by molar-refractivity contribution is 7.89. The molecule has 0 aromatic heterocycles. The highest BCUT2D eigenvalue weighted by atomic mass is 32.2. The summed E-state index contributed by atoms with van der Waals surface area (Å²) in [6.07, 6.45) is 5.16. The maximum Gasteiger partial charge on any atom is 0.241 e. The number of rotatable bonds is 3. The van der Waals surface area contributed by atoms with Gasteiger partial charge in [-0.2, -0.15) is 0 Å². The first-order valence-electron chi connectivity index (χ1n) is 7.14. The van der Waals surface area contributed by atoms with Crippen LogP contribution < -0.4 is 10.5 Å². The van der Waals surface area contributed by atoms with Gasteiger partial charge in [0, 0.05) is 11.2 Å². The van der Waals surface area contributed by atoms with Gasteiger partial charge >= 0.3 is 0 Å². The highest BCUT2D eigenvalue weighted by Gasteiger charge is 2.33. The first kappa shape index (κ1) is 15.3. The van der Waals surface area contributed by atoms with E-state index in [0.29, 0.717) is 21.7 Å². The summed E-state index contributed by atoms with van der Waals surface area (Å²) in [5.41, 5.74) is 7.45. The van der Waals surface area contributed by atoms with Crippen LogP contribution in [0.1, 0.15) is 50.2 Å². The van der Waals surface area contributed by atoms with E-state index in [1.807, 2.05) is 6.92 Å².